The summed E-state index contributed by atoms with van der Waals surface area (Å²) in [6.45, 7) is 0. The lowest BCUT2D eigenvalue weighted by molar-refractivity contribution is -0.122. The van der Waals surface area contributed by atoms with Crippen molar-refractivity contribution < 1.29 is 13.2 Å². The van der Waals surface area contributed by atoms with Gasteiger partial charge < -0.3 is 11.1 Å². The molecule has 0 saturated carbocycles. The Bertz CT molecular complexity index is 603. The van der Waals surface area contributed by atoms with E-state index in [1.165, 1.54) is 0 Å². The first-order valence-electron chi connectivity index (χ1n) is 5.88. The highest BCUT2D eigenvalue weighted by Crippen LogP contribution is 2.30. The van der Waals surface area contributed by atoms with Crippen LogP contribution in [0.5, 0.6) is 0 Å². The molecule has 1 heterocycles. The lowest BCUT2D eigenvalue weighted by atomic mass is 9.94. The van der Waals surface area contributed by atoms with Crippen molar-refractivity contribution >= 4 is 37.4 Å². The van der Waals surface area contributed by atoms with E-state index in [0.717, 1.165) is 4.47 Å². The molecule has 7 heteroatoms. The van der Waals surface area contributed by atoms with Crippen LogP contribution in [0.4, 0.5) is 5.69 Å². The Morgan fingerprint density at radius 2 is 2.05 bits per heavy atom. The topological polar surface area (TPSA) is 89.3 Å². The number of nitrogens with one attached hydrogen (secondary N) is 1. The van der Waals surface area contributed by atoms with Crippen LogP contribution in [-0.2, 0) is 14.6 Å². The van der Waals surface area contributed by atoms with Gasteiger partial charge in [0.1, 0.15) is 5.54 Å². The van der Waals surface area contributed by atoms with Gasteiger partial charge in [0.25, 0.3) is 0 Å². The number of amides is 1. The summed E-state index contributed by atoms with van der Waals surface area (Å²) in [5, 5.41) is 3.02. The molecule has 1 amide bonds. The van der Waals surface area contributed by atoms with Crippen LogP contribution in [0, 0.1) is 0 Å². The molecule has 1 unspecified atom stereocenters. The van der Waals surface area contributed by atoms with Crippen LogP contribution >= 0.6 is 15.9 Å². The van der Waals surface area contributed by atoms with Crippen LogP contribution in [0.3, 0.4) is 0 Å². The smallest absolute Gasteiger partial charge is 0.244 e. The second-order valence-electron chi connectivity index (χ2n) is 4.75. The van der Waals surface area contributed by atoms with E-state index < -0.39 is 21.3 Å². The number of carbonyl (C=O) groups excluding carboxylic acids is 1. The van der Waals surface area contributed by atoms with Gasteiger partial charge in [-0.25, -0.2) is 8.42 Å². The van der Waals surface area contributed by atoms with Crippen molar-refractivity contribution in [2.75, 3.05) is 16.8 Å². The third kappa shape index (κ3) is 3.09. The highest BCUT2D eigenvalue weighted by molar-refractivity contribution is 9.10. The molecule has 1 saturated heterocycles. The fraction of sp³-hybridized carbons (Fsp3) is 0.417. The Balaban J connectivity index is 2.36. The van der Waals surface area contributed by atoms with E-state index in [2.05, 4.69) is 21.2 Å². The normalized spacial score (nSPS) is 25.7. The van der Waals surface area contributed by atoms with Gasteiger partial charge in [0.15, 0.2) is 9.84 Å². The Hall–Kier alpha value is -1.08. The second-order valence-corrected chi connectivity index (χ2v) is 7.79. The van der Waals surface area contributed by atoms with Gasteiger partial charge in [0, 0.05) is 10.2 Å². The van der Waals surface area contributed by atoms with Crippen LogP contribution in [0.1, 0.15) is 12.8 Å². The minimum atomic E-state index is -3.25. The van der Waals surface area contributed by atoms with Crippen molar-refractivity contribution in [3.8, 4) is 0 Å². The van der Waals surface area contributed by atoms with Crippen molar-refractivity contribution in [1.82, 2.24) is 0 Å². The molecule has 0 spiro atoms. The molecule has 3 N–H and O–H groups in total. The predicted molar refractivity (Wildman–Crippen MR) is 77.6 cm³/mol. The molecule has 1 aromatic carbocycles. The lowest BCUT2D eigenvalue weighted by Crippen LogP contribution is -2.57. The molecule has 0 radical (unpaired) electrons. The van der Waals surface area contributed by atoms with Gasteiger partial charge in [-0.1, -0.05) is 12.1 Å². The minimum absolute atomic E-state index is 0.111. The molecular weight excluding hydrogens is 332 g/mol. The molecule has 0 aliphatic carbocycles. The van der Waals surface area contributed by atoms with Gasteiger partial charge in [-0.2, -0.15) is 0 Å². The average Bonchev–Trinajstić information content (AvgIpc) is 2.30. The average molecular weight is 347 g/mol. The number of benzene rings is 1. The molecule has 104 valence electrons. The first-order chi connectivity index (χ1) is 8.85. The SMILES string of the molecule is NC(=O)C1(Nc2ccccc2Br)CCCS(=O)(=O)C1. The number of carbonyl (C=O) groups is 1. The van der Waals surface area contributed by atoms with Crippen LogP contribution in [-0.4, -0.2) is 31.4 Å². The largest absolute Gasteiger partial charge is 0.369 e. The summed E-state index contributed by atoms with van der Waals surface area (Å²) in [5.74, 6) is -0.775. The number of halogens is 1. The molecular formula is C12H15BrN2O3S. The molecule has 2 rings (SSSR count). The first-order valence-corrected chi connectivity index (χ1v) is 8.49. The number of hydrogen-bond acceptors (Lipinski definition) is 4. The van der Waals surface area contributed by atoms with Gasteiger partial charge in [-0.3, -0.25) is 4.79 Å². The summed E-state index contributed by atoms with van der Waals surface area (Å²) >= 11 is 3.36. The lowest BCUT2D eigenvalue weighted by Gasteiger charge is -2.35. The maximum absolute atomic E-state index is 11.8. The third-order valence-corrected chi connectivity index (χ3v) is 5.78. The van der Waals surface area contributed by atoms with Crippen molar-refractivity contribution in [1.29, 1.82) is 0 Å². The van der Waals surface area contributed by atoms with Crippen molar-refractivity contribution in [2.24, 2.45) is 5.73 Å². The fourth-order valence-electron chi connectivity index (χ4n) is 2.29. The number of sulfone groups is 1. The monoisotopic (exact) mass is 346 g/mol. The Morgan fingerprint density at radius 1 is 1.37 bits per heavy atom. The van der Waals surface area contributed by atoms with Crippen LogP contribution in [0.2, 0.25) is 0 Å². The summed E-state index contributed by atoms with van der Waals surface area (Å²) in [4.78, 5) is 11.8. The van der Waals surface area contributed by atoms with Gasteiger partial charge in [0.2, 0.25) is 5.91 Å². The van der Waals surface area contributed by atoms with Gasteiger partial charge >= 0.3 is 0 Å². The summed E-state index contributed by atoms with van der Waals surface area (Å²) in [5.41, 5.74) is 4.88. The summed E-state index contributed by atoms with van der Waals surface area (Å²) < 4.78 is 24.3. The van der Waals surface area contributed by atoms with Crippen LogP contribution < -0.4 is 11.1 Å². The molecule has 1 aliphatic heterocycles. The van der Waals surface area contributed by atoms with Crippen molar-refractivity contribution in [2.45, 2.75) is 18.4 Å². The third-order valence-electron chi connectivity index (χ3n) is 3.24. The maximum Gasteiger partial charge on any atom is 0.244 e. The zero-order chi connectivity index (χ0) is 14.1. The number of hydrogen-bond donors (Lipinski definition) is 2. The molecule has 1 atom stereocenters. The molecule has 1 aromatic rings. The predicted octanol–water partition coefficient (Wildman–Crippen LogP) is 1.29. The Morgan fingerprint density at radius 3 is 2.63 bits per heavy atom. The number of primary amides is 1. The van der Waals surface area contributed by atoms with Gasteiger partial charge in [-0.15, -0.1) is 0 Å². The van der Waals surface area contributed by atoms with Crippen LogP contribution in [0.15, 0.2) is 28.7 Å². The summed E-state index contributed by atoms with van der Waals surface area (Å²) in [6.07, 6.45) is 0.853. The van der Waals surface area contributed by atoms with Crippen molar-refractivity contribution in [3.63, 3.8) is 0 Å². The minimum Gasteiger partial charge on any atom is -0.369 e. The summed E-state index contributed by atoms with van der Waals surface area (Å²) in [6, 6.07) is 7.23. The van der Waals surface area contributed by atoms with E-state index in [1.807, 2.05) is 12.1 Å². The maximum atomic E-state index is 11.8. The van der Waals surface area contributed by atoms with Gasteiger partial charge in [0.05, 0.1) is 11.5 Å². The van der Waals surface area contributed by atoms with E-state index in [0.29, 0.717) is 18.5 Å². The molecule has 1 aliphatic rings. The fourth-order valence-corrected chi connectivity index (χ4v) is 4.51. The van der Waals surface area contributed by atoms with E-state index in [4.69, 9.17) is 5.73 Å². The number of rotatable bonds is 3. The molecule has 19 heavy (non-hydrogen) atoms. The van der Waals surface area contributed by atoms with E-state index in [9.17, 15) is 13.2 Å². The standard InChI is InChI=1S/C12H15BrN2O3S/c13-9-4-1-2-5-10(9)15-12(11(14)16)6-3-7-19(17,18)8-12/h1-2,4-5,15H,3,6-8H2,(H2,14,16). The Labute approximate surface area is 120 Å². The number of anilines is 1. The highest BCUT2D eigenvalue weighted by Gasteiger charge is 2.44. The molecule has 0 aromatic heterocycles. The van der Waals surface area contributed by atoms with E-state index in [1.54, 1.807) is 12.1 Å². The molecule has 5 nitrogen and oxygen atoms in total. The van der Waals surface area contributed by atoms with E-state index >= 15 is 0 Å². The van der Waals surface area contributed by atoms with Crippen LogP contribution in [0.25, 0.3) is 0 Å². The Kier molecular flexibility index (Phi) is 3.87. The highest BCUT2D eigenvalue weighted by atomic mass is 79.9. The molecule has 0 bridgehead atoms. The number of para-hydroxylation sites is 1. The second kappa shape index (κ2) is 5.13. The summed E-state index contributed by atoms with van der Waals surface area (Å²) in [7, 11) is -3.25. The zero-order valence-corrected chi connectivity index (χ0v) is 12.6. The number of nitrogens with two attached hydrogens (primary N) is 1. The zero-order valence-electron chi connectivity index (χ0n) is 10.2. The van der Waals surface area contributed by atoms with Crippen molar-refractivity contribution in [3.05, 3.63) is 28.7 Å². The first kappa shape index (κ1) is 14.3. The molecule has 1 fully saturated rings. The van der Waals surface area contributed by atoms with Gasteiger partial charge in [-0.05, 0) is 40.9 Å². The quantitative estimate of drug-likeness (QED) is 0.862. The van der Waals surface area contributed by atoms with E-state index in [-0.39, 0.29) is 11.5 Å².